The minimum absolute atomic E-state index is 0.0651. The number of aryl methyl sites for hydroxylation is 2. The standard InChI is InChI=1S/C42H56ClN5O10/c1-23-20-28(43)30(54-37(52)58-41(13,14)15)25(3)29(23)47-31-26(27(21-44)33(47)48(35(50)56-39(7,8)9)36(51)57-40(10,11)12)19-24(2)32(45-31)53-22-42(17-18-42)46(16)34(49)55-38(4,5)6/h19-20H,17-18,22H2,1-16H3. The second-order valence-corrected chi connectivity index (χ2v) is 18.9. The highest BCUT2D eigenvalue weighted by Crippen LogP contribution is 2.45. The van der Waals surface area contributed by atoms with E-state index in [1.54, 1.807) is 117 Å². The molecule has 0 N–H and O–H groups in total. The van der Waals surface area contributed by atoms with Crippen LogP contribution in [-0.2, 0) is 18.9 Å². The van der Waals surface area contributed by atoms with E-state index in [1.165, 1.54) is 15.5 Å². The Balaban J connectivity index is 2.06. The van der Waals surface area contributed by atoms with Crippen LogP contribution in [0.2, 0.25) is 5.02 Å². The van der Waals surface area contributed by atoms with Gasteiger partial charge in [-0.3, -0.25) is 4.57 Å². The summed E-state index contributed by atoms with van der Waals surface area (Å²) in [5.41, 5.74) is -2.92. The highest BCUT2D eigenvalue weighted by atomic mass is 35.5. The average Bonchev–Trinajstić information content (AvgIpc) is 3.76. The highest BCUT2D eigenvalue weighted by molar-refractivity contribution is 6.32. The van der Waals surface area contributed by atoms with Crippen LogP contribution in [0.1, 0.15) is 118 Å². The van der Waals surface area contributed by atoms with Gasteiger partial charge in [-0.05, 0) is 134 Å². The number of imide groups is 1. The van der Waals surface area contributed by atoms with Crippen LogP contribution in [0.4, 0.5) is 25.0 Å². The van der Waals surface area contributed by atoms with Crippen molar-refractivity contribution in [2.24, 2.45) is 0 Å². The minimum Gasteiger partial charge on any atom is -0.475 e. The predicted molar refractivity (Wildman–Crippen MR) is 218 cm³/mol. The van der Waals surface area contributed by atoms with Crippen molar-refractivity contribution in [2.75, 3.05) is 18.6 Å². The van der Waals surface area contributed by atoms with Crippen LogP contribution in [0.3, 0.4) is 0 Å². The third-order valence-electron chi connectivity index (χ3n) is 8.65. The molecule has 58 heavy (non-hydrogen) atoms. The molecule has 1 aliphatic rings. The Morgan fingerprint density at radius 1 is 0.810 bits per heavy atom. The zero-order valence-electron chi connectivity index (χ0n) is 36.5. The number of fused-ring (bicyclic) bond motifs is 1. The van der Waals surface area contributed by atoms with Crippen molar-refractivity contribution in [3.8, 4) is 23.4 Å². The molecule has 1 saturated carbocycles. The Hall–Kier alpha value is -5.23. The maximum atomic E-state index is 14.2. The quantitative estimate of drug-likeness (QED) is 0.126. The lowest BCUT2D eigenvalue weighted by atomic mass is 10.1. The number of pyridine rings is 1. The molecule has 3 amide bonds. The van der Waals surface area contributed by atoms with E-state index in [1.807, 2.05) is 0 Å². The van der Waals surface area contributed by atoms with Crippen molar-refractivity contribution >= 4 is 52.9 Å². The van der Waals surface area contributed by atoms with Crippen molar-refractivity contribution in [1.29, 1.82) is 5.26 Å². The first-order chi connectivity index (χ1) is 26.4. The van der Waals surface area contributed by atoms with E-state index in [9.17, 15) is 24.4 Å². The summed E-state index contributed by atoms with van der Waals surface area (Å²) in [6.45, 7) is 25.4. The van der Waals surface area contributed by atoms with Gasteiger partial charge in [0, 0.05) is 23.6 Å². The molecule has 2 heterocycles. The monoisotopic (exact) mass is 825 g/mol. The van der Waals surface area contributed by atoms with Crippen LogP contribution in [-0.4, -0.2) is 80.5 Å². The Kier molecular flexibility index (Phi) is 12.4. The van der Waals surface area contributed by atoms with Crippen LogP contribution in [0.5, 0.6) is 11.6 Å². The van der Waals surface area contributed by atoms with E-state index in [0.29, 0.717) is 28.9 Å². The number of likely N-dealkylation sites (N-methyl/N-ethyl adjacent to an activating group) is 1. The van der Waals surface area contributed by atoms with Gasteiger partial charge in [-0.25, -0.2) is 19.2 Å². The molecule has 1 aliphatic carbocycles. The SMILES string of the molecule is Cc1cc2c(C#N)c(N(C(=O)OC(C)(C)C)C(=O)OC(C)(C)C)n(-c3c(C)cc(Cl)c(OC(=O)OC(C)(C)C)c3C)c2nc1OCC1(N(C)C(=O)OC(C)(C)C)CC1. The maximum absolute atomic E-state index is 14.2. The van der Waals surface area contributed by atoms with Crippen LogP contribution >= 0.6 is 11.6 Å². The van der Waals surface area contributed by atoms with Crippen molar-refractivity contribution in [3.63, 3.8) is 0 Å². The first-order valence-corrected chi connectivity index (χ1v) is 19.3. The molecule has 0 spiro atoms. The van der Waals surface area contributed by atoms with E-state index in [2.05, 4.69) is 6.07 Å². The molecule has 0 unspecified atom stereocenters. The number of benzene rings is 1. The smallest absolute Gasteiger partial charge is 0.475 e. The molecular weight excluding hydrogens is 770 g/mol. The number of nitriles is 1. The Bertz CT molecular complexity index is 2150. The number of anilines is 1. The summed E-state index contributed by atoms with van der Waals surface area (Å²) in [4.78, 5) is 61.6. The van der Waals surface area contributed by atoms with E-state index in [0.717, 1.165) is 0 Å². The number of aromatic nitrogens is 2. The third kappa shape index (κ3) is 10.4. The average molecular weight is 826 g/mol. The molecular formula is C42H56ClN5O10. The van der Waals surface area contributed by atoms with E-state index in [4.69, 9.17) is 45.0 Å². The van der Waals surface area contributed by atoms with Crippen molar-refractivity contribution in [3.05, 3.63) is 39.4 Å². The molecule has 15 nitrogen and oxygen atoms in total. The van der Waals surface area contributed by atoms with Gasteiger partial charge in [0.15, 0.2) is 17.2 Å². The molecule has 1 aromatic carbocycles. The van der Waals surface area contributed by atoms with Crippen LogP contribution in [0.25, 0.3) is 16.7 Å². The van der Waals surface area contributed by atoms with Gasteiger partial charge in [-0.1, -0.05) is 11.6 Å². The lowest BCUT2D eigenvalue weighted by Crippen LogP contribution is -2.45. The molecule has 4 rings (SSSR count). The maximum Gasteiger partial charge on any atom is 0.514 e. The normalized spacial score (nSPS) is 13.9. The first kappa shape index (κ1) is 45.5. The molecule has 0 aliphatic heterocycles. The van der Waals surface area contributed by atoms with Gasteiger partial charge >= 0.3 is 24.4 Å². The lowest BCUT2D eigenvalue weighted by Gasteiger charge is -2.31. The molecule has 0 bridgehead atoms. The summed E-state index contributed by atoms with van der Waals surface area (Å²) in [6.07, 6.45) is -2.47. The van der Waals surface area contributed by atoms with Crippen LogP contribution < -0.4 is 14.4 Å². The largest absolute Gasteiger partial charge is 0.514 e. The number of amides is 3. The first-order valence-electron chi connectivity index (χ1n) is 18.9. The molecule has 2 aromatic heterocycles. The van der Waals surface area contributed by atoms with Crippen LogP contribution in [0, 0.1) is 32.1 Å². The molecule has 316 valence electrons. The zero-order valence-corrected chi connectivity index (χ0v) is 37.2. The Morgan fingerprint density at radius 2 is 1.31 bits per heavy atom. The number of nitrogens with zero attached hydrogens (tertiary/aromatic N) is 5. The molecule has 0 radical (unpaired) electrons. The highest BCUT2D eigenvalue weighted by Gasteiger charge is 2.51. The summed E-state index contributed by atoms with van der Waals surface area (Å²) >= 11 is 6.70. The second-order valence-electron chi connectivity index (χ2n) is 18.5. The third-order valence-corrected chi connectivity index (χ3v) is 8.93. The summed E-state index contributed by atoms with van der Waals surface area (Å²) < 4.78 is 36.0. The fourth-order valence-electron chi connectivity index (χ4n) is 5.99. The number of hydrogen-bond acceptors (Lipinski definition) is 12. The van der Waals surface area contributed by atoms with E-state index < -0.39 is 52.4 Å². The number of hydrogen-bond donors (Lipinski definition) is 0. The van der Waals surface area contributed by atoms with Crippen molar-refractivity contribution in [2.45, 2.75) is 145 Å². The van der Waals surface area contributed by atoms with Crippen molar-refractivity contribution < 1.29 is 47.6 Å². The predicted octanol–water partition coefficient (Wildman–Crippen LogP) is 10.2. The molecule has 16 heteroatoms. The molecule has 0 saturated heterocycles. The number of carbonyl (C=O) groups is 4. The Labute approximate surface area is 345 Å². The van der Waals surface area contributed by atoms with Gasteiger partial charge < -0.3 is 33.3 Å². The summed E-state index contributed by atoms with van der Waals surface area (Å²) in [7, 11) is 1.66. The van der Waals surface area contributed by atoms with Gasteiger partial charge in [0.1, 0.15) is 40.6 Å². The van der Waals surface area contributed by atoms with Gasteiger partial charge in [0.2, 0.25) is 5.88 Å². The van der Waals surface area contributed by atoms with Crippen LogP contribution in [0.15, 0.2) is 12.1 Å². The van der Waals surface area contributed by atoms with Crippen molar-refractivity contribution in [1.82, 2.24) is 14.5 Å². The Morgan fingerprint density at radius 3 is 1.78 bits per heavy atom. The molecule has 0 atom stereocenters. The second kappa shape index (κ2) is 15.8. The minimum atomic E-state index is -1.13. The van der Waals surface area contributed by atoms with Gasteiger partial charge in [-0.2, -0.15) is 15.1 Å². The molecule has 1 fully saturated rings. The zero-order chi connectivity index (χ0) is 44.1. The fraction of sp³-hybridized carbons (Fsp3) is 0.571. The number of halogens is 1. The number of ether oxygens (including phenoxy) is 6. The summed E-state index contributed by atoms with van der Waals surface area (Å²) in [5, 5.41) is 11.2. The lowest BCUT2D eigenvalue weighted by molar-refractivity contribution is 0.0134. The summed E-state index contributed by atoms with van der Waals surface area (Å²) in [6, 6.07) is 5.37. The molecule has 3 aromatic rings. The van der Waals surface area contributed by atoms with E-state index in [-0.39, 0.29) is 56.9 Å². The van der Waals surface area contributed by atoms with E-state index >= 15 is 0 Å². The van der Waals surface area contributed by atoms with Gasteiger partial charge in [0.25, 0.3) is 0 Å². The van der Waals surface area contributed by atoms with Gasteiger partial charge in [-0.15, -0.1) is 0 Å². The topological polar surface area (TPSA) is 172 Å². The van der Waals surface area contributed by atoms with Gasteiger partial charge in [0.05, 0.1) is 16.2 Å². The fourth-order valence-corrected chi connectivity index (χ4v) is 6.34. The number of rotatable bonds is 7. The number of carbonyl (C=O) groups excluding carboxylic acids is 4. The summed E-state index contributed by atoms with van der Waals surface area (Å²) in [5.74, 6) is -0.180.